The Hall–Kier alpha value is -3.21. The van der Waals surface area contributed by atoms with Gasteiger partial charge in [-0.2, -0.15) is 0 Å². The second-order valence-corrected chi connectivity index (χ2v) is 7.56. The van der Waals surface area contributed by atoms with Gasteiger partial charge in [0, 0.05) is 32.0 Å². The van der Waals surface area contributed by atoms with E-state index < -0.39 is 0 Å². The van der Waals surface area contributed by atoms with Crippen LogP contribution in [0.1, 0.15) is 28.9 Å². The van der Waals surface area contributed by atoms with Crippen LogP contribution in [0.2, 0.25) is 0 Å². The molecule has 0 saturated carbocycles. The smallest absolute Gasteiger partial charge is 0.276 e. The number of para-hydroxylation sites is 1. The number of benzene rings is 2. The van der Waals surface area contributed by atoms with Gasteiger partial charge in [-0.05, 0) is 48.9 Å². The zero-order valence-electron chi connectivity index (χ0n) is 16.7. The fourth-order valence-electron chi connectivity index (χ4n) is 3.85. The highest BCUT2D eigenvalue weighted by Crippen LogP contribution is 2.24. The highest BCUT2D eigenvalue weighted by Gasteiger charge is 2.23. The molecule has 1 aliphatic heterocycles. The minimum absolute atomic E-state index is 0.126. The summed E-state index contributed by atoms with van der Waals surface area (Å²) >= 11 is 0. The van der Waals surface area contributed by atoms with Crippen LogP contribution in [0.25, 0.3) is 0 Å². The normalized spacial score (nSPS) is 14.6. The molecule has 0 atom stereocenters. The number of carbonyl (C=O) groups excluding carboxylic acids is 1. The first kappa shape index (κ1) is 19.1. The molecule has 1 amide bonds. The van der Waals surface area contributed by atoms with Crippen LogP contribution in [-0.4, -0.2) is 36.0 Å². The average molecular weight is 386 g/mol. The van der Waals surface area contributed by atoms with Crippen molar-refractivity contribution >= 4 is 17.5 Å². The van der Waals surface area contributed by atoms with E-state index in [4.69, 9.17) is 0 Å². The predicted molar refractivity (Wildman–Crippen MR) is 116 cm³/mol. The number of anilines is 2. The Balaban J connectivity index is 1.40. The first-order valence-electron chi connectivity index (χ1n) is 10.2. The summed E-state index contributed by atoms with van der Waals surface area (Å²) < 4.78 is 0. The lowest BCUT2D eigenvalue weighted by molar-refractivity contribution is 0.0988. The van der Waals surface area contributed by atoms with Crippen molar-refractivity contribution in [2.75, 3.05) is 29.9 Å². The number of piperidine rings is 1. The Morgan fingerprint density at radius 1 is 1.00 bits per heavy atom. The van der Waals surface area contributed by atoms with E-state index >= 15 is 0 Å². The fraction of sp³-hybridized carbons (Fsp3) is 0.292. The standard InChI is InChI=1S/C24H26N4O/c1-27(21-10-6-3-7-11-21)23(29)22-12-15-25-24(26-22)28-16-13-20(14-17-28)18-19-8-4-2-5-9-19/h2-12,15,20H,13-14,16-18H2,1H3. The summed E-state index contributed by atoms with van der Waals surface area (Å²) in [7, 11) is 1.77. The molecule has 1 aromatic heterocycles. The molecule has 0 N–H and O–H groups in total. The molecule has 2 heterocycles. The molecule has 0 spiro atoms. The Bertz CT molecular complexity index is 937. The van der Waals surface area contributed by atoms with Gasteiger partial charge in [0.25, 0.3) is 5.91 Å². The maximum absolute atomic E-state index is 12.9. The highest BCUT2D eigenvalue weighted by atomic mass is 16.2. The third-order valence-corrected chi connectivity index (χ3v) is 5.57. The van der Waals surface area contributed by atoms with Gasteiger partial charge >= 0.3 is 0 Å². The van der Waals surface area contributed by atoms with E-state index in [1.54, 1.807) is 24.2 Å². The monoisotopic (exact) mass is 386 g/mol. The molecule has 0 radical (unpaired) electrons. The van der Waals surface area contributed by atoms with Crippen molar-refractivity contribution in [3.05, 3.63) is 84.2 Å². The second kappa shape index (κ2) is 8.86. The molecule has 29 heavy (non-hydrogen) atoms. The van der Waals surface area contributed by atoms with Crippen molar-refractivity contribution in [1.82, 2.24) is 9.97 Å². The fourth-order valence-corrected chi connectivity index (χ4v) is 3.85. The largest absolute Gasteiger partial charge is 0.341 e. The van der Waals surface area contributed by atoms with Crippen LogP contribution < -0.4 is 9.80 Å². The van der Waals surface area contributed by atoms with Crippen LogP contribution in [-0.2, 0) is 6.42 Å². The topological polar surface area (TPSA) is 49.3 Å². The zero-order valence-corrected chi connectivity index (χ0v) is 16.7. The van der Waals surface area contributed by atoms with Crippen LogP contribution >= 0.6 is 0 Å². The summed E-state index contributed by atoms with van der Waals surface area (Å²) in [5.74, 6) is 1.21. The molecule has 148 valence electrons. The number of hydrogen-bond donors (Lipinski definition) is 0. The average Bonchev–Trinajstić information content (AvgIpc) is 2.80. The number of amides is 1. The molecule has 0 unspecified atom stereocenters. The van der Waals surface area contributed by atoms with Gasteiger partial charge in [0.1, 0.15) is 5.69 Å². The zero-order chi connectivity index (χ0) is 20.1. The van der Waals surface area contributed by atoms with E-state index in [0.29, 0.717) is 17.6 Å². The first-order valence-corrected chi connectivity index (χ1v) is 10.2. The lowest BCUT2D eigenvalue weighted by Gasteiger charge is -2.32. The molecule has 1 saturated heterocycles. The summed E-state index contributed by atoms with van der Waals surface area (Å²) in [6, 6.07) is 22.0. The molecule has 4 rings (SSSR count). The van der Waals surface area contributed by atoms with Crippen molar-refractivity contribution in [2.24, 2.45) is 5.92 Å². The first-order chi connectivity index (χ1) is 14.2. The molecule has 5 heteroatoms. The van der Waals surface area contributed by atoms with Crippen LogP contribution in [0.3, 0.4) is 0 Å². The predicted octanol–water partition coefficient (Wildman–Crippen LogP) is 4.21. The Morgan fingerprint density at radius 2 is 1.66 bits per heavy atom. The summed E-state index contributed by atoms with van der Waals surface area (Å²) in [6.07, 6.45) is 5.03. The van der Waals surface area contributed by atoms with E-state index in [2.05, 4.69) is 45.2 Å². The maximum Gasteiger partial charge on any atom is 0.276 e. The number of carbonyl (C=O) groups is 1. The van der Waals surface area contributed by atoms with E-state index in [1.165, 1.54) is 5.56 Å². The molecule has 0 bridgehead atoms. The van der Waals surface area contributed by atoms with Crippen molar-refractivity contribution < 1.29 is 4.79 Å². The summed E-state index contributed by atoms with van der Waals surface area (Å²) in [5, 5.41) is 0. The van der Waals surface area contributed by atoms with Gasteiger partial charge in [0.2, 0.25) is 5.95 Å². The lowest BCUT2D eigenvalue weighted by Crippen LogP contribution is -2.36. The molecular weight excluding hydrogens is 360 g/mol. The molecule has 2 aromatic carbocycles. The van der Waals surface area contributed by atoms with Gasteiger partial charge in [-0.25, -0.2) is 9.97 Å². The van der Waals surface area contributed by atoms with Gasteiger partial charge in [-0.1, -0.05) is 48.5 Å². The Kier molecular flexibility index (Phi) is 5.84. The molecular formula is C24H26N4O. The van der Waals surface area contributed by atoms with Crippen LogP contribution in [0.4, 0.5) is 11.6 Å². The Morgan fingerprint density at radius 3 is 2.34 bits per heavy atom. The van der Waals surface area contributed by atoms with Crippen LogP contribution in [0.5, 0.6) is 0 Å². The molecule has 3 aromatic rings. The van der Waals surface area contributed by atoms with Crippen LogP contribution in [0, 0.1) is 5.92 Å². The van der Waals surface area contributed by atoms with Gasteiger partial charge < -0.3 is 9.80 Å². The number of rotatable bonds is 5. The van der Waals surface area contributed by atoms with E-state index in [1.807, 2.05) is 30.3 Å². The summed E-state index contributed by atoms with van der Waals surface area (Å²) in [4.78, 5) is 25.7. The van der Waals surface area contributed by atoms with Crippen molar-refractivity contribution in [2.45, 2.75) is 19.3 Å². The number of hydrogen-bond acceptors (Lipinski definition) is 4. The summed E-state index contributed by atoms with van der Waals surface area (Å²) in [5.41, 5.74) is 2.67. The second-order valence-electron chi connectivity index (χ2n) is 7.56. The number of nitrogens with zero attached hydrogens (tertiary/aromatic N) is 4. The van der Waals surface area contributed by atoms with E-state index in [-0.39, 0.29) is 5.91 Å². The van der Waals surface area contributed by atoms with Crippen molar-refractivity contribution in [1.29, 1.82) is 0 Å². The maximum atomic E-state index is 12.9. The minimum Gasteiger partial charge on any atom is -0.341 e. The molecule has 0 aliphatic carbocycles. The van der Waals surface area contributed by atoms with Gasteiger partial charge in [-0.15, -0.1) is 0 Å². The van der Waals surface area contributed by atoms with Gasteiger partial charge in [0.15, 0.2) is 0 Å². The number of aromatic nitrogens is 2. The van der Waals surface area contributed by atoms with Crippen LogP contribution in [0.15, 0.2) is 72.9 Å². The molecule has 1 aliphatic rings. The van der Waals surface area contributed by atoms with Gasteiger partial charge in [0.05, 0.1) is 0 Å². The lowest BCUT2D eigenvalue weighted by atomic mass is 9.90. The van der Waals surface area contributed by atoms with Crippen molar-refractivity contribution in [3.8, 4) is 0 Å². The quantitative estimate of drug-likeness (QED) is 0.659. The van der Waals surface area contributed by atoms with Crippen molar-refractivity contribution in [3.63, 3.8) is 0 Å². The third kappa shape index (κ3) is 4.62. The molecule has 5 nitrogen and oxygen atoms in total. The minimum atomic E-state index is -0.126. The SMILES string of the molecule is CN(C(=O)c1ccnc(N2CCC(Cc3ccccc3)CC2)n1)c1ccccc1. The Labute approximate surface area is 172 Å². The van der Waals surface area contributed by atoms with E-state index in [9.17, 15) is 4.79 Å². The highest BCUT2D eigenvalue weighted by molar-refractivity contribution is 6.04. The summed E-state index contributed by atoms with van der Waals surface area (Å²) in [6.45, 7) is 1.84. The third-order valence-electron chi connectivity index (χ3n) is 5.57. The van der Waals surface area contributed by atoms with E-state index in [0.717, 1.165) is 38.0 Å². The molecule has 1 fully saturated rings. The van der Waals surface area contributed by atoms with Gasteiger partial charge in [-0.3, -0.25) is 4.79 Å².